The molecule has 1 aliphatic carbocycles. The van der Waals surface area contributed by atoms with Gasteiger partial charge in [0.2, 0.25) is 5.91 Å². The first kappa shape index (κ1) is 15.3. The molecule has 1 aromatic carbocycles. The number of amides is 3. The molecule has 0 spiro atoms. The highest BCUT2D eigenvalue weighted by molar-refractivity contribution is 5.92. The average molecular weight is 291 g/mol. The topological polar surface area (TPSA) is 90.5 Å². The lowest BCUT2D eigenvalue weighted by Crippen LogP contribution is -2.48. The second kappa shape index (κ2) is 7.64. The summed E-state index contributed by atoms with van der Waals surface area (Å²) in [4.78, 5) is 23.4. The number of carbonyl (C=O) groups excluding carboxylic acids is 2. The van der Waals surface area contributed by atoms with Crippen molar-refractivity contribution in [1.29, 1.82) is 0 Å². The fraction of sp³-hybridized carbons (Fsp3) is 0.467. The Morgan fingerprint density at radius 1 is 1.14 bits per heavy atom. The molecule has 6 heteroatoms. The lowest BCUT2D eigenvalue weighted by atomic mass is 9.92. The number of rotatable bonds is 4. The van der Waals surface area contributed by atoms with Gasteiger partial charge in [0.05, 0.1) is 18.7 Å². The number of hydrogen-bond donors (Lipinski definition) is 4. The summed E-state index contributed by atoms with van der Waals surface area (Å²) in [6.07, 6.45) is 3.01. The van der Waals surface area contributed by atoms with E-state index in [-0.39, 0.29) is 18.5 Å². The minimum absolute atomic E-state index is 0.109. The van der Waals surface area contributed by atoms with Crippen LogP contribution in [-0.4, -0.2) is 35.7 Å². The molecule has 0 aliphatic heterocycles. The highest BCUT2D eigenvalue weighted by Crippen LogP contribution is 2.18. The molecule has 0 radical (unpaired) electrons. The Kier molecular flexibility index (Phi) is 5.57. The zero-order valence-electron chi connectivity index (χ0n) is 11.8. The van der Waals surface area contributed by atoms with Crippen LogP contribution in [0.1, 0.15) is 25.7 Å². The summed E-state index contributed by atoms with van der Waals surface area (Å²) in [6, 6.07) is 8.37. The molecule has 0 aromatic heterocycles. The van der Waals surface area contributed by atoms with Crippen LogP contribution in [0.5, 0.6) is 0 Å². The average Bonchev–Trinajstić information content (AvgIpc) is 2.49. The molecule has 2 rings (SSSR count). The summed E-state index contributed by atoms with van der Waals surface area (Å²) in [5.41, 5.74) is 0.665. The fourth-order valence-electron chi connectivity index (χ4n) is 2.39. The van der Waals surface area contributed by atoms with E-state index in [4.69, 9.17) is 0 Å². The highest BCUT2D eigenvalue weighted by atomic mass is 16.3. The zero-order valence-corrected chi connectivity index (χ0v) is 11.8. The first-order chi connectivity index (χ1) is 10.1. The van der Waals surface area contributed by atoms with Gasteiger partial charge in [-0.05, 0) is 25.0 Å². The van der Waals surface area contributed by atoms with Crippen molar-refractivity contribution >= 4 is 17.6 Å². The molecular formula is C15H21N3O3. The Morgan fingerprint density at radius 3 is 2.57 bits per heavy atom. The van der Waals surface area contributed by atoms with E-state index in [1.54, 1.807) is 12.1 Å². The van der Waals surface area contributed by atoms with Gasteiger partial charge in [0.15, 0.2) is 0 Å². The van der Waals surface area contributed by atoms with Crippen molar-refractivity contribution in [2.45, 2.75) is 37.8 Å². The maximum absolute atomic E-state index is 11.7. The van der Waals surface area contributed by atoms with E-state index in [9.17, 15) is 14.7 Å². The molecule has 114 valence electrons. The standard InChI is InChI=1S/C15H21N3O3/c19-13-9-5-4-8-12(13)18-14(20)10-16-15(21)17-11-6-2-1-3-7-11/h1-3,6-7,12-13,19H,4-5,8-10H2,(H,18,20)(H2,16,17,21). The van der Waals surface area contributed by atoms with Gasteiger partial charge in [-0.1, -0.05) is 31.0 Å². The van der Waals surface area contributed by atoms with E-state index in [2.05, 4.69) is 16.0 Å². The molecule has 2 atom stereocenters. The Hall–Kier alpha value is -2.08. The van der Waals surface area contributed by atoms with Gasteiger partial charge in [-0.2, -0.15) is 0 Å². The van der Waals surface area contributed by atoms with Gasteiger partial charge in [0, 0.05) is 5.69 Å². The van der Waals surface area contributed by atoms with Crippen LogP contribution in [0.3, 0.4) is 0 Å². The molecule has 0 saturated heterocycles. The van der Waals surface area contributed by atoms with Crippen molar-refractivity contribution in [3.63, 3.8) is 0 Å². The Balaban J connectivity index is 1.69. The third-order valence-electron chi connectivity index (χ3n) is 3.52. The lowest BCUT2D eigenvalue weighted by molar-refractivity contribution is -0.122. The molecule has 1 aromatic rings. The molecule has 0 bridgehead atoms. The number of nitrogens with one attached hydrogen (secondary N) is 3. The Labute approximate surface area is 123 Å². The fourth-order valence-corrected chi connectivity index (χ4v) is 2.39. The van der Waals surface area contributed by atoms with Crippen LogP contribution >= 0.6 is 0 Å². The van der Waals surface area contributed by atoms with E-state index in [1.807, 2.05) is 18.2 Å². The highest BCUT2D eigenvalue weighted by Gasteiger charge is 2.24. The SMILES string of the molecule is O=C(CNC(=O)Nc1ccccc1)NC1CCCCC1O. The minimum Gasteiger partial charge on any atom is -0.391 e. The molecule has 6 nitrogen and oxygen atoms in total. The van der Waals surface area contributed by atoms with Crippen LogP contribution < -0.4 is 16.0 Å². The number of urea groups is 1. The lowest BCUT2D eigenvalue weighted by Gasteiger charge is -2.28. The normalized spacial score (nSPS) is 21.4. The second-order valence-electron chi connectivity index (χ2n) is 5.20. The van der Waals surface area contributed by atoms with E-state index in [1.165, 1.54) is 0 Å². The number of benzene rings is 1. The maximum Gasteiger partial charge on any atom is 0.319 e. The monoisotopic (exact) mass is 291 g/mol. The zero-order chi connectivity index (χ0) is 15.1. The van der Waals surface area contributed by atoms with E-state index in [0.717, 1.165) is 19.3 Å². The summed E-state index contributed by atoms with van der Waals surface area (Å²) >= 11 is 0. The molecule has 4 N–H and O–H groups in total. The first-order valence-corrected chi connectivity index (χ1v) is 7.22. The third kappa shape index (κ3) is 5.07. The van der Waals surface area contributed by atoms with E-state index >= 15 is 0 Å². The predicted molar refractivity (Wildman–Crippen MR) is 79.9 cm³/mol. The molecular weight excluding hydrogens is 270 g/mol. The number of para-hydroxylation sites is 1. The third-order valence-corrected chi connectivity index (χ3v) is 3.52. The van der Waals surface area contributed by atoms with Crippen LogP contribution in [0.4, 0.5) is 10.5 Å². The number of anilines is 1. The predicted octanol–water partition coefficient (Wildman–Crippen LogP) is 1.23. The van der Waals surface area contributed by atoms with Crippen LogP contribution in [0, 0.1) is 0 Å². The van der Waals surface area contributed by atoms with Gasteiger partial charge in [0.1, 0.15) is 0 Å². The number of hydrogen-bond acceptors (Lipinski definition) is 3. The summed E-state index contributed by atoms with van der Waals surface area (Å²) < 4.78 is 0. The van der Waals surface area contributed by atoms with Crippen LogP contribution in [-0.2, 0) is 4.79 Å². The number of carbonyl (C=O) groups is 2. The Bertz CT molecular complexity index is 478. The molecule has 1 fully saturated rings. The Morgan fingerprint density at radius 2 is 1.86 bits per heavy atom. The largest absolute Gasteiger partial charge is 0.391 e. The summed E-state index contributed by atoms with van der Waals surface area (Å²) in [7, 11) is 0. The van der Waals surface area contributed by atoms with Crippen molar-refractivity contribution in [2.24, 2.45) is 0 Å². The van der Waals surface area contributed by atoms with Gasteiger partial charge in [-0.25, -0.2) is 4.79 Å². The molecule has 2 unspecified atom stereocenters. The van der Waals surface area contributed by atoms with E-state index < -0.39 is 12.1 Å². The van der Waals surface area contributed by atoms with Gasteiger partial charge in [-0.3, -0.25) is 4.79 Å². The molecule has 1 saturated carbocycles. The van der Waals surface area contributed by atoms with Crippen molar-refractivity contribution in [1.82, 2.24) is 10.6 Å². The van der Waals surface area contributed by atoms with Crippen molar-refractivity contribution in [2.75, 3.05) is 11.9 Å². The molecule has 21 heavy (non-hydrogen) atoms. The minimum atomic E-state index is -0.485. The van der Waals surface area contributed by atoms with Crippen molar-refractivity contribution < 1.29 is 14.7 Å². The van der Waals surface area contributed by atoms with Gasteiger partial charge in [-0.15, -0.1) is 0 Å². The van der Waals surface area contributed by atoms with E-state index in [0.29, 0.717) is 12.1 Å². The molecule has 1 aliphatic rings. The smallest absolute Gasteiger partial charge is 0.319 e. The van der Waals surface area contributed by atoms with Gasteiger partial charge < -0.3 is 21.1 Å². The van der Waals surface area contributed by atoms with Gasteiger partial charge >= 0.3 is 6.03 Å². The quantitative estimate of drug-likeness (QED) is 0.672. The molecule has 3 amide bonds. The van der Waals surface area contributed by atoms with Gasteiger partial charge in [0.25, 0.3) is 0 Å². The second-order valence-corrected chi connectivity index (χ2v) is 5.20. The summed E-state index contributed by atoms with van der Waals surface area (Å²) in [5, 5.41) is 17.7. The van der Waals surface area contributed by atoms with Crippen molar-refractivity contribution in [3.05, 3.63) is 30.3 Å². The number of aliphatic hydroxyl groups is 1. The summed E-state index contributed by atoms with van der Waals surface area (Å²) in [6.45, 7) is -0.109. The number of aliphatic hydroxyl groups excluding tert-OH is 1. The molecule has 0 heterocycles. The maximum atomic E-state index is 11.7. The van der Waals surface area contributed by atoms with Crippen molar-refractivity contribution in [3.8, 4) is 0 Å². The van der Waals surface area contributed by atoms with Crippen LogP contribution in [0.15, 0.2) is 30.3 Å². The first-order valence-electron chi connectivity index (χ1n) is 7.22. The van der Waals surface area contributed by atoms with Crippen LogP contribution in [0.2, 0.25) is 0 Å². The van der Waals surface area contributed by atoms with Crippen LogP contribution in [0.25, 0.3) is 0 Å². The summed E-state index contributed by atoms with van der Waals surface area (Å²) in [5.74, 6) is -0.288.